The third kappa shape index (κ3) is 2.29. The van der Waals surface area contributed by atoms with Gasteiger partial charge in [0, 0.05) is 11.6 Å². The first-order valence-corrected chi connectivity index (χ1v) is 4.30. The number of carbonyl (C=O) groups is 1. The van der Waals surface area contributed by atoms with Crippen LogP contribution in [0.5, 0.6) is 0 Å². The molecule has 0 fully saturated rings. The molecule has 1 unspecified atom stereocenters. The van der Waals surface area contributed by atoms with E-state index in [2.05, 4.69) is 0 Å². The second kappa shape index (κ2) is 4.05. The third-order valence-corrected chi connectivity index (χ3v) is 2.06. The van der Waals surface area contributed by atoms with Gasteiger partial charge in [-0.25, -0.2) is 0 Å². The molecule has 0 aliphatic heterocycles. The van der Waals surface area contributed by atoms with Crippen molar-refractivity contribution < 1.29 is 4.79 Å². The predicted molar refractivity (Wildman–Crippen MR) is 52.2 cm³/mol. The van der Waals surface area contributed by atoms with Crippen LogP contribution in [0.2, 0.25) is 0 Å². The lowest BCUT2D eigenvalue weighted by molar-refractivity contribution is 0.100. The summed E-state index contributed by atoms with van der Waals surface area (Å²) >= 11 is 0. The molecular weight excluding hydrogens is 164 g/mol. The first-order chi connectivity index (χ1) is 6.15. The summed E-state index contributed by atoms with van der Waals surface area (Å²) in [5, 5.41) is 0. The Bertz CT molecular complexity index is 292. The van der Waals surface area contributed by atoms with Crippen LogP contribution in [-0.2, 0) is 0 Å². The number of rotatable bonds is 3. The highest BCUT2D eigenvalue weighted by atomic mass is 16.1. The first kappa shape index (κ1) is 9.74. The Hall–Kier alpha value is -1.35. The van der Waals surface area contributed by atoms with Crippen molar-refractivity contribution in [3.05, 3.63) is 35.4 Å². The van der Waals surface area contributed by atoms with Gasteiger partial charge in [-0.15, -0.1) is 0 Å². The summed E-state index contributed by atoms with van der Waals surface area (Å²) in [5.74, 6) is -0.406. The van der Waals surface area contributed by atoms with Gasteiger partial charge in [-0.05, 0) is 24.1 Å². The highest BCUT2D eigenvalue weighted by Crippen LogP contribution is 2.13. The molecule has 70 valence electrons. The van der Waals surface area contributed by atoms with Gasteiger partial charge in [-0.3, -0.25) is 4.79 Å². The van der Waals surface area contributed by atoms with Crippen LogP contribution in [0, 0.1) is 0 Å². The molecule has 1 aromatic rings. The number of hydrogen-bond donors (Lipinski definition) is 2. The van der Waals surface area contributed by atoms with E-state index in [-0.39, 0.29) is 6.04 Å². The maximum absolute atomic E-state index is 10.7. The van der Waals surface area contributed by atoms with Gasteiger partial charge in [-0.1, -0.05) is 19.1 Å². The monoisotopic (exact) mass is 178 g/mol. The minimum absolute atomic E-state index is 0.0435. The van der Waals surface area contributed by atoms with Crippen molar-refractivity contribution in [1.82, 2.24) is 0 Å². The Balaban J connectivity index is 2.87. The SMILES string of the molecule is CCC(N)c1ccc(C(N)=O)cc1. The Morgan fingerprint density at radius 2 is 1.92 bits per heavy atom. The minimum atomic E-state index is -0.406. The summed E-state index contributed by atoms with van der Waals surface area (Å²) in [6.45, 7) is 2.02. The fourth-order valence-electron chi connectivity index (χ4n) is 1.13. The van der Waals surface area contributed by atoms with Crippen LogP contribution >= 0.6 is 0 Å². The molecule has 1 amide bonds. The summed E-state index contributed by atoms with van der Waals surface area (Å²) in [5.41, 5.74) is 12.5. The molecule has 0 aliphatic carbocycles. The van der Waals surface area contributed by atoms with Crippen LogP contribution < -0.4 is 11.5 Å². The highest BCUT2D eigenvalue weighted by molar-refractivity contribution is 5.92. The molecule has 0 aromatic heterocycles. The Morgan fingerprint density at radius 1 is 1.38 bits per heavy atom. The zero-order valence-corrected chi connectivity index (χ0v) is 7.66. The molecule has 0 saturated carbocycles. The largest absolute Gasteiger partial charge is 0.366 e. The lowest BCUT2D eigenvalue weighted by Gasteiger charge is -2.08. The topological polar surface area (TPSA) is 69.1 Å². The maximum atomic E-state index is 10.7. The number of hydrogen-bond acceptors (Lipinski definition) is 2. The molecule has 0 bridgehead atoms. The van der Waals surface area contributed by atoms with E-state index < -0.39 is 5.91 Å². The quantitative estimate of drug-likeness (QED) is 0.730. The fourth-order valence-corrected chi connectivity index (χ4v) is 1.13. The van der Waals surface area contributed by atoms with E-state index >= 15 is 0 Å². The molecule has 3 heteroatoms. The molecule has 1 aromatic carbocycles. The zero-order chi connectivity index (χ0) is 9.84. The van der Waals surface area contributed by atoms with E-state index in [4.69, 9.17) is 11.5 Å². The lowest BCUT2D eigenvalue weighted by Crippen LogP contribution is -2.12. The second-order valence-corrected chi connectivity index (χ2v) is 3.00. The van der Waals surface area contributed by atoms with Crippen molar-refractivity contribution in [2.24, 2.45) is 11.5 Å². The minimum Gasteiger partial charge on any atom is -0.366 e. The molecule has 13 heavy (non-hydrogen) atoms. The van der Waals surface area contributed by atoms with Crippen LogP contribution in [0.1, 0.15) is 35.3 Å². The lowest BCUT2D eigenvalue weighted by atomic mass is 10.0. The van der Waals surface area contributed by atoms with Crippen molar-refractivity contribution in [1.29, 1.82) is 0 Å². The first-order valence-electron chi connectivity index (χ1n) is 4.30. The van der Waals surface area contributed by atoms with Gasteiger partial charge in [0.1, 0.15) is 0 Å². The Morgan fingerprint density at radius 3 is 2.31 bits per heavy atom. The van der Waals surface area contributed by atoms with Gasteiger partial charge in [0.2, 0.25) is 5.91 Å². The summed E-state index contributed by atoms with van der Waals surface area (Å²) < 4.78 is 0. The summed E-state index contributed by atoms with van der Waals surface area (Å²) in [6, 6.07) is 7.13. The van der Waals surface area contributed by atoms with Gasteiger partial charge >= 0.3 is 0 Å². The van der Waals surface area contributed by atoms with E-state index in [0.29, 0.717) is 5.56 Å². The van der Waals surface area contributed by atoms with Gasteiger partial charge in [-0.2, -0.15) is 0 Å². The standard InChI is InChI=1S/C10H14N2O/c1-2-9(11)7-3-5-8(6-4-7)10(12)13/h3-6,9H,2,11H2,1H3,(H2,12,13). The van der Waals surface area contributed by atoms with E-state index in [1.165, 1.54) is 0 Å². The van der Waals surface area contributed by atoms with Gasteiger partial charge < -0.3 is 11.5 Å². The molecule has 1 rings (SSSR count). The van der Waals surface area contributed by atoms with Crippen molar-refractivity contribution in [2.75, 3.05) is 0 Å². The molecule has 0 heterocycles. The Kier molecular flexibility index (Phi) is 3.03. The maximum Gasteiger partial charge on any atom is 0.248 e. The van der Waals surface area contributed by atoms with Gasteiger partial charge in [0.05, 0.1) is 0 Å². The van der Waals surface area contributed by atoms with Crippen molar-refractivity contribution in [3.8, 4) is 0 Å². The van der Waals surface area contributed by atoms with E-state index in [1.807, 2.05) is 19.1 Å². The zero-order valence-electron chi connectivity index (χ0n) is 7.66. The second-order valence-electron chi connectivity index (χ2n) is 3.00. The van der Waals surface area contributed by atoms with Crippen LogP contribution in [0.25, 0.3) is 0 Å². The summed E-state index contributed by atoms with van der Waals surface area (Å²) in [4.78, 5) is 10.7. The van der Waals surface area contributed by atoms with Crippen LogP contribution in [0.15, 0.2) is 24.3 Å². The van der Waals surface area contributed by atoms with Gasteiger partial charge in [0.15, 0.2) is 0 Å². The van der Waals surface area contributed by atoms with E-state index in [1.54, 1.807) is 12.1 Å². The third-order valence-electron chi connectivity index (χ3n) is 2.06. The van der Waals surface area contributed by atoms with Crippen LogP contribution in [-0.4, -0.2) is 5.91 Å². The molecular formula is C10H14N2O. The molecule has 0 saturated heterocycles. The average molecular weight is 178 g/mol. The van der Waals surface area contributed by atoms with Crippen molar-refractivity contribution in [2.45, 2.75) is 19.4 Å². The molecule has 0 radical (unpaired) electrons. The van der Waals surface area contributed by atoms with Crippen molar-refractivity contribution >= 4 is 5.91 Å². The number of nitrogens with two attached hydrogens (primary N) is 2. The fraction of sp³-hybridized carbons (Fsp3) is 0.300. The van der Waals surface area contributed by atoms with Crippen LogP contribution in [0.3, 0.4) is 0 Å². The highest BCUT2D eigenvalue weighted by Gasteiger charge is 2.04. The number of primary amides is 1. The van der Waals surface area contributed by atoms with Crippen molar-refractivity contribution in [3.63, 3.8) is 0 Å². The van der Waals surface area contributed by atoms with E-state index in [0.717, 1.165) is 12.0 Å². The number of benzene rings is 1. The Labute approximate surface area is 77.7 Å². The van der Waals surface area contributed by atoms with Gasteiger partial charge in [0.25, 0.3) is 0 Å². The molecule has 1 atom stereocenters. The summed E-state index contributed by atoms with van der Waals surface area (Å²) in [7, 11) is 0. The average Bonchev–Trinajstić information content (AvgIpc) is 2.17. The summed E-state index contributed by atoms with van der Waals surface area (Å²) in [6.07, 6.45) is 0.885. The molecule has 0 spiro atoms. The van der Waals surface area contributed by atoms with Crippen LogP contribution in [0.4, 0.5) is 0 Å². The molecule has 0 aliphatic rings. The molecule has 3 nitrogen and oxygen atoms in total. The van der Waals surface area contributed by atoms with E-state index in [9.17, 15) is 4.79 Å². The predicted octanol–water partition coefficient (Wildman–Crippen LogP) is 1.20. The number of amides is 1. The number of carbonyl (C=O) groups excluding carboxylic acids is 1. The smallest absolute Gasteiger partial charge is 0.248 e. The normalized spacial score (nSPS) is 12.5. The molecule has 4 N–H and O–H groups in total.